The molecule has 1 aliphatic rings. The maximum absolute atomic E-state index is 12.2. The first-order chi connectivity index (χ1) is 12.4. The minimum absolute atomic E-state index is 0.0480. The van der Waals surface area contributed by atoms with E-state index >= 15 is 0 Å². The molecule has 26 heavy (non-hydrogen) atoms. The van der Waals surface area contributed by atoms with Crippen molar-refractivity contribution in [3.8, 4) is 0 Å². The SMILES string of the molecule is CC(C)(C)c1ccc(=O)n(CC2CN(c3ncnc4ncccc34)C2)n1. The lowest BCUT2D eigenvalue weighted by Gasteiger charge is -2.40. The number of rotatable bonds is 3. The number of nitrogens with zero attached hydrogens (tertiary/aromatic N) is 6. The van der Waals surface area contributed by atoms with E-state index in [9.17, 15) is 4.79 Å². The molecule has 3 aromatic heterocycles. The van der Waals surface area contributed by atoms with Crippen molar-refractivity contribution < 1.29 is 0 Å². The molecular formula is C19H22N6O. The highest BCUT2D eigenvalue weighted by Crippen LogP contribution is 2.28. The standard InChI is InChI=1S/C19H22N6O/c1-19(2,3)15-6-7-16(26)25(23-15)11-13-9-24(10-13)18-14-5-4-8-20-17(14)21-12-22-18/h4-8,12-13H,9-11H2,1-3H3. The second-order valence-corrected chi connectivity index (χ2v) is 7.83. The highest BCUT2D eigenvalue weighted by Gasteiger charge is 2.30. The third kappa shape index (κ3) is 3.05. The zero-order valence-corrected chi connectivity index (χ0v) is 15.3. The molecule has 0 aromatic carbocycles. The summed E-state index contributed by atoms with van der Waals surface area (Å²) in [6.45, 7) is 8.61. The van der Waals surface area contributed by atoms with Gasteiger partial charge in [0, 0.05) is 36.7 Å². The van der Waals surface area contributed by atoms with Gasteiger partial charge >= 0.3 is 0 Å². The lowest BCUT2D eigenvalue weighted by atomic mass is 9.92. The number of hydrogen-bond donors (Lipinski definition) is 0. The van der Waals surface area contributed by atoms with Gasteiger partial charge in [0.1, 0.15) is 12.1 Å². The van der Waals surface area contributed by atoms with Crippen molar-refractivity contribution in [2.45, 2.75) is 32.7 Å². The minimum Gasteiger partial charge on any atom is -0.355 e. The molecule has 0 atom stereocenters. The normalized spacial score (nSPS) is 15.3. The van der Waals surface area contributed by atoms with Crippen LogP contribution < -0.4 is 10.5 Å². The van der Waals surface area contributed by atoms with Crippen molar-refractivity contribution in [3.05, 3.63) is 52.8 Å². The largest absolute Gasteiger partial charge is 0.355 e. The Morgan fingerprint density at radius 3 is 2.69 bits per heavy atom. The van der Waals surface area contributed by atoms with Gasteiger partial charge in [-0.3, -0.25) is 4.79 Å². The van der Waals surface area contributed by atoms with Crippen LogP contribution in [0.25, 0.3) is 11.0 Å². The molecule has 3 aromatic rings. The summed E-state index contributed by atoms with van der Waals surface area (Å²) in [5, 5.41) is 5.52. The molecule has 4 heterocycles. The van der Waals surface area contributed by atoms with E-state index in [2.05, 4.69) is 45.7 Å². The lowest BCUT2D eigenvalue weighted by Crippen LogP contribution is -2.50. The van der Waals surface area contributed by atoms with Crippen molar-refractivity contribution in [1.82, 2.24) is 24.7 Å². The average molecular weight is 350 g/mol. The van der Waals surface area contributed by atoms with Gasteiger partial charge < -0.3 is 4.90 Å². The summed E-state index contributed by atoms with van der Waals surface area (Å²) < 4.78 is 1.60. The highest BCUT2D eigenvalue weighted by molar-refractivity contribution is 5.86. The van der Waals surface area contributed by atoms with Crippen molar-refractivity contribution in [1.29, 1.82) is 0 Å². The quantitative estimate of drug-likeness (QED) is 0.719. The van der Waals surface area contributed by atoms with Crippen molar-refractivity contribution in [2.24, 2.45) is 5.92 Å². The Kier molecular flexibility index (Phi) is 3.94. The number of anilines is 1. The number of pyridine rings is 1. The van der Waals surface area contributed by atoms with Crippen LogP contribution in [0.1, 0.15) is 26.5 Å². The Balaban J connectivity index is 1.50. The van der Waals surface area contributed by atoms with Crippen LogP contribution in [0.3, 0.4) is 0 Å². The van der Waals surface area contributed by atoms with Gasteiger partial charge in [-0.25, -0.2) is 19.6 Å². The highest BCUT2D eigenvalue weighted by atomic mass is 16.1. The van der Waals surface area contributed by atoms with E-state index in [4.69, 9.17) is 0 Å². The van der Waals surface area contributed by atoms with Crippen LogP contribution >= 0.6 is 0 Å². The molecule has 0 unspecified atom stereocenters. The topological polar surface area (TPSA) is 76.8 Å². The van der Waals surface area contributed by atoms with E-state index in [0.717, 1.165) is 30.0 Å². The van der Waals surface area contributed by atoms with Crippen LogP contribution in [0, 0.1) is 5.92 Å². The van der Waals surface area contributed by atoms with Gasteiger partial charge in [-0.05, 0) is 18.2 Å². The third-order valence-electron chi connectivity index (χ3n) is 4.71. The molecule has 1 fully saturated rings. The summed E-state index contributed by atoms with van der Waals surface area (Å²) in [6, 6.07) is 7.33. The number of fused-ring (bicyclic) bond motifs is 1. The number of hydrogen-bond acceptors (Lipinski definition) is 6. The Morgan fingerprint density at radius 1 is 1.12 bits per heavy atom. The number of aromatic nitrogens is 5. The Labute approximate surface area is 151 Å². The molecule has 4 rings (SSSR count). The maximum Gasteiger partial charge on any atom is 0.266 e. The molecule has 0 amide bonds. The first-order valence-electron chi connectivity index (χ1n) is 8.81. The fraction of sp³-hybridized carbons (Fsp3) is 0.421. The molecule has 7 heteroatoms. The Bertz CT molecular complexity index is 995. The van der Waals surface area contributed by atoms with Gasteiger partial charge in [-0.15, -0.1) is 0 Å². The first-order valence-corrected chi connectivity index (χ1v) is 8.81. The molecule has 0 bridgehead atoms. The predicted octanol–water partition coefficient (Wildman–Crippen LogP) is 2.02. The van der Waals surface area contributed by atoms with Crippen molar-refractivity contribution >= 4 is 16.9 Å². The smallest absolute Gasteiger partial charge is 0.266 e. The maximum atomic E-state index is 12.2. The van der Waals surface area contributed by atoms with Crippen LogP contribution in [0.2, 0.25) is 0 Å². The minimum atomic E-state index is -0.0754. The summed E-state index contributed by atoms with van der Waals surface area (Å²) in [5.74, 6) is 1.28. The van der Waals surface area contributed by atoms with E-state index in [1.165, 1.54) is 0 Å². The predicted molar refractivity (Wildman–Crippen MR) is 100 cm³/mol. The fourth-order valence-corrected chi connectivity index (χ4v) is 3.22. The van der Waals surface area contributed by atoms with Crippen LogP contribution in [0.4, 0.5) is 5.82 Å². The van der Waals surface area contributed by atoms with Crippen molar-refractivity contribution in [2.75, 3.05) is 18.0 Å². The monoisotopic (exact) mass is 350 g/mol. The summed E-state index contributed by atoms with van der Waals surface area (Å²) in [4.78, 5) is 27.3. The fourth-order valence-electron chi connectivity index (χ4n) is 3.22. The molecule has 1 aliphatic heterocycles. The molecule has 0 saturated carbocycles. The van der Waals surface area contributed by atoms with Crippen LogP contribution in [0.5, 0.6) is 0 Å². The summed E-state index contributed by atoms with van der Waals surface area (Å²) in [7, 11) is 0. The van der Waals surface area contributed by atoms with Crippen LogP contribution in [-0.2, 0) is 12.0 Å². The van der Waals surface area contributed by atoms with E-state index in [1.807, 2.05) is 18.2 Å². The second-order valence-electron chi connectivity index (χ2n) is 7.83. The van der Waals surface area contributed by atoms with Crippen molar-refractivity contribution in [3.63, 3.8) is 0 Å². The molecule has 134 valence electrons. The zero-order chi connectivity index (χ0) is 18.3. The Hall–Kier alpha value is -2.83. The average Bonchev–Trinajstić information content (AvgIpc) is 2.58. The van der Waals surface area contributed by atoms with Gasteiger partial charge in [0.25, 0.3) is 5.56 Å². The zero-order valence-electron chi connectivity index (χ0n) is 15.3. The molecule has 0 aliphatic carbocycles. The van der Waals surface area contributed by atoms with Gasteiger partial charge in [-0.1, -0.05) is 20.8 Å². The molecule has 0 spiro atoms. The van der Waals surface area contributed by atoms with E-state index in [1.54, 1.807) is 23.3 Å². The second kappa shape index (κ2) is 6.16. The van der Waals surface area contributed by atoms with Gasteiger partial charge in [-0.2, -0.15) is 5.10 Å². The van der Waals surface area contributed by atoms with E-state index in [-0.39, 0.29) is 11.0 Å². The van der Waals surface area contributed by atoms with Crippen LogP contribution in [-0.4, -0.2) is 37.8 Å². The molecule has 0 N–H and O–H groups in total. The third-order valence-corrected chi connectivity index (χ3v) is 4.71. The summed E-state index contributed by atoms with van der Waals surface area (Å²) in [5.41, 5.74) is 1.51. The molecule has 1 saturated heterocycles. The molecular weight excluding hydrogens is 328 g/mol. The van der Waals surface area contributed by atoms with E-state index < -0.39 is 0 Å². The van der Waals surface area contributed by atoms with Gasteiger partial charge in [0.15, 0.2) is 5.65 Å². The summed E-state index contributed by atoms with van der Waals surface area (Å²) in [6.07, 6.45) is 3.29. The first kappa shape index (κ1) is 16.6. The summed E-state index contributed by atoms with van der Waals surface area (Å²) >= 11 is 0. The van der Waals surface area contributed by atoms with Gasteiger partial charge in [0.05, 0.1) is 17.6 Å². The Morgan fingerprint density at radius 2 is 1.92 bits per heavy atom. The lowest BCUT2D eigenvalue weighted by molar-refractivity contribution is 0.328. The molecule has 7 nitrogen and oxygen atoms in total. The van der Waals surface area contributed by atoms with Gasteiger partial charge in [0.2, 0.25) is 0 Å². The molecule has 0 radical (unpaired) electrons. The van der Waals surface area contributed by atoms with E-state index in [0.29, 0.717) is 18.1 Å². The van der Waals surface area contributed by atoms with Crippen LogP contribution in [0.15, 0.2) is 41.6 Å².